The van der Waals surface area contributed by atoms with Crippen LogP contribution in [-0.2, 0) is 0 Å². The summed E-state index contributed by atoms with van der Waals surface area (Å²) in [5.74, 6) is 0. The van der Waals surface area contributed by atoms with Gasteiger partial charge in [-0.25, -0.2) is 0 Å². The third-order valence-electron chi connectivity index (χ3n) is 2.29. The summed E-state index contributed by atoms with van der Waals surface area (Å²) in [4.78, 5) is 24.5. The topological polar surface area (TPSA) is 49.9 Å². The largest absolute Gasteiger partial charge is 0.319 e. The fourth-order valence-electron chi connectivity index (χ4n) is 1.52. The molecule has 0 spiro atoms. The first-order chi connectivity index (χ1) is 8.11. The standard InChI is InChI=1S/C12H7Cl2NO2/c13-7-1-3-10(14)9(5-7)8-2-4-12(17)15-11(8)6-16/h1-6H,(H,15,17). The van der Waals surface area contributed by atoms with Gasteiger partial charge in [0.05, 0.1) is 5.69 Å². The quantitative estimate of drug-likeness (QED) is 0.850. The van der Waals surface area contributed by atoms with E-state index in [0.717, 1.165) is 0 Å². The zero-order valence-corrected chi connectivity index (χ0v) is 10.0. The van der Waals surface area contributed by atoms with Gasteiger partial charge in [0.2, 0.25) is 5.56 Å². The molecule has 5 heteroatoms. The molecule has 1 aromatic heterocycles. The SMILES string of the molecule is O=Cc1[nH]c(=O)ccc1-c1cc(Cl)ccc1Cl. The molecule has 2 rings (SSSR count). The number of halogens is 2. The summed E-state index contributed by atoms with van der Waals surface area (Å²) in [6.45, 7) is 0. The van der Waals surface area contributed by atoms with Crippen LogP contribution in [-0.4, -0.2) is 11.3 Å². The van der Waals surface area contributed by atoms with Crippen LogP contribution in [0.4, 0.5) is 0 Å². The van der Waals surface area contributed by atoms with Crippen LogP contribution in [0.25, 0.3) is 11.1 Å². The van der Waals surface area contributed by atoms with Gasteiger partial charge in [-0.05, 0) is 24.3 Å². The van der Waals surface area contributed by atoms with Crippen molar-refractivity contribution in [3.63, 3.8) is 0 Å². The Bertz CT molecular complexity index is 635. The molecule has 1 aromatic carbocycles. The number of aldehydes is 1. The number of benzene rings is 1. The predicted octanol–water partition coefficient (Wildman–Crippen LogP) is 3.16. The van der Waals surface area contributed by atoms with Crippen molar-refractivity contribution < 1.29 is 4.79 Å². The van der Waals surface area contributed by atoms with Crippen molar-refractivity contribution in [1.29, 1.82) is 0 Å². The normalized spacial score (nSPS) is 10.2. The van der Waals surface area contributed by atoms with E-state index in [9.17, 15) is 9.59 Å². The second-order valence-electron chi connectivity index (χ2n) is 3.39. The Labute approximate surface area is 107 Å². The third kappa shape index (κ3) is 2.40. The minimum atomic E-state index is -0.339. The van der Waals surface area contributed by atoms with Gasteiger partial charge in [-0.2, -0.15) is 0 Å². The molecule has 0 aliphatic rings. The van der Waals surface area contributed by atoms with E-state index in [2.05, 4.69) is 4.98 Å². The number of hydrogen-bond acceptors (Lipinski definition) is 2. The van der Waals surface area contributed by atoms with E-state index in [-0.39, 0.29) is 11.3 Å². The number of aromatic nitrogens is 1. The summed E-state index contributed by atoms with van der Waals surface area (Å²) in [6.07, 6.45) is 0.577. The lowest BCUT2D eigenvalue weighted by Gasteiger charge is -2.07. The summed E-state index contributed by atoms with van der Waals surface area (Å²) in [5, 5.41) is 0.969. The summed E-state index contributed by atoms with van der Waals surface area (Å²) < 4.78 is 0. The summed E-state index contributed by atoms with van der Waals surface area (Å²) >= 11 is 11.9. The number of hydrogen-bond donors (Lipinski definition) is 1. The first-order valence-electron chi connectivity index (χ1n) is 4.76. The number of carbonyl (C=O) groups excluding carboxylic acids is 1. The predicted molar refractivity (Wildman–Crippen MR) is 67.9 cm³/mol. The van der Waals surface area contributed by atoms with Crippen LogP contribution in [0.5, 0.6) is 0 Å². The molecule has 0 saturated carbocycles. The van der Waals surface area contributed by atoms with Gasteiger partial charge in [0.1, 0.15) is 0 Å². The molecule has 0 aliphatic carbocycles. The Kier molecular flexibility index (Phi) is 3.31. The summed E-state index contributed by atoms with van der Waals surface area (Å²) in [5.41, 5.74) is 1.00. The fourth-order valence-corrected chi connectivity index (χ4v) is 1.91. The molecule has 0 unspecified atom stereocenters. The van der Waals surface area contributed by atoms with Crippen LogP contribution in [0, 0.1) is 0 Å². The Morgan fingerprint density at radius 3 is 2.53 bits per heavy atom. The Hall–Kier alpha value is -1.58. The highest BCUT2D eigenvalue weighted by Crippen LogP contribution is 2.31. The van der Waals surface area contributed by atoms with Crippen LogP contribution >= 0.6 is 23.2 Å². The van der Waals surface area contributed by atoms with Crippen molar-refractivity contribution in [1.82, 2.24) is 4.98 Å². The van der Waals surface area contributed by atoms with Gasteiger partial charge in [0.25, 0.3) is 0 Å². The van der Waals surface area contributed by atoms with Crippen LogP contribution in [0.3, 0.4) is 0 Å². The minimum absolute atomic E-state index is 0.182. The van der Waals surface area contributed by atoms with Gasteiger partial charge >= 0.3 is 0 Å². The van der Waals surface area contributed by atoms with E-state index >= 15 is 0 Å². The molecule has 0 atom stereocenters. The van der Waals surface area contributed by atoms with E-state index in [0.29, 0.717) is 27.5 Å². The molecule has 17 heavy (non-hydrogen) atoms. The van der Waals surface area contributed by atoms with Gasteiger partial charge in [-0.15, -0.1) is 0 Å². The maximum Gasteiger partial charge on any atom is 0.248 e. The maximum absolute atomic E-state index is 11.1. The van der Waals surface area contributed by atoms with Crippen molar-refractivity contribution in [2.45, 2.75) is 0 Å². The minimum Gasteiger partial charge on any atom is -0.319 e. The van der Waals surface area contributed by atoms with E-state index in [1.54, 1.807) is 24.3 Å². The van der Waals surface area contributed by atoms with E-state index in [1.807, 2.05) is 0 Å². The molecule has 2 aromatic rings. The number of rotatable bonds is 2. The first-order valence-corrected chi connectivity index (χ1v) is 5.51. The molecule has 0 fully saturated rings. The molecular weight excluding hydrogens is 261 g/mol. The van der Waals surface area contributed by atoms with Crippen LogP contribution in [0.2, 0.25) is 10.0 Å². The van der Waals surface area contributed by atoms with Crippen LogP contribution < -0.4 is 5.56 Å². The van der Waals surface area contributed by atoms with Crippen LogP contribution in [0.15, 0.2) is 35.1 Å². The van der Waals surface area contributed by atoms with Gasteiger partial charge in [0.15, 0.2) is 6.29 Å². The van der Waals surface area contributed by atoms with E-state index < -0.39 is 0 Å². The molecule has 1 heterocycles. The van der Waals surface area contributed by atoms with Gasteiger partial charge < -0.3 is 4.98 Å². The second-order valence-corrected chi connectivity index (χ2v) is 4.24. The van der Waals surface area contributed by atoms with Crippen molar-refractivity contribution in [3.8, 4) is 11.1 Å². The average molecular weight is 268 g/mol. The Morgan fingerprint density at radius 1 is 1.06 bits per heavy atom. The lowest BCUT2D eigenvalue weighted by atomic mass is 10.0. The summed E-state index contributed by atoms with van der Waals surface area (Å²) in [7, 11) is 0. The van der Waals surface area contributed by atoms with Crippen LogP contribution in [0.1, 0.15) is 10.5 Å². The molecule has 0 amide bonds. The van der Waals surface area contributed by atoms with Gasteiger partial charge in [-0.3, -0.25) is 9.59 Å². The lowest BCUT2D eigenvalue weighted by Crippen LogP contribution is -2.07. The molecule has 0 bridgehead atoms. The van der Waals surface area contributed by atoms with Crippen molar-refractivity contribution in [2.24, 2.45) is 0 Å². The zero-order chi connectivity index (χ0) is 12.4. The number of aromatic amines is 1. The average Bonchev–Trinajstić information content (AvgIpc) is 2.32. The highest BCUT2D eigenvalue weighted by Gasteiger charge is 2.09. The van der Waals surface area contributed by atoms with Crippen molar-refractivity contribution in [3.05, 3.63) is 56.4 Å². The fraction of sp³-hybridized carbons (Fsp3) is 0. The van der Waals surface area contributed by atoms with Gasteiger partial charge in [-0.1, -0.05) is 23.2 Å². The third-order valence-corrected chi connectivity index (χ3v) is 2.85. The monoisotopic (exact) mass is 267 g/mol. The number of H-pyrrole nitrogens is 1. The molecule has 0 radical (unpaired) electrons. The van der Waals surface area contributed by atoms with E-state index in [4.69, 9.17) is 23.2 Å². The van der Waals surface area contributed by atoms with Gasteiger partial charge in [0, 0.05) is 27.2 Å². The van der Waals surface area contributed by atoms with Crippen molar-refractivity contribution in [2.75, 3.05) is 0 Å². The molecule has 86 valence electrons. The second kappa shape index (κ2) is 4.73. The lowest BCUT2D eigenvalue weighted by molar-refractivity contribution is 0.111. The molecule has 1 N–H and O–H groups in total. The highest BCUT2D eigenvalue weighted by molar-refractivity contribution is 6.35. The Morgan fingerprint density at radius 2 is 1.82 bits per heavy atom. The highest BCUT2D eigenvalue weighted by atomic mass is 35.5. The molecule has 0 aliphatic heterocycles. The maximum atomic E-state index is 11.1. The number of nitrogens with one attached hydrogen (secondary N) is 1. The number of pyridine rings is 1. The first kappa shape index (κ1) is 11.9. The smallest absolute Gasteiger partial charge is 0.248 e. The van der Waals surface area contributed by atoms with E-state index in [1.165, 1.54) is 6.07 Å². The molecule has 0 saturated heterocycles. The molecular formula is C12H7Cl2NO2. The molecule has 3 nitrogen and oxygen atoms in total. The Balaban J connectivity index is 2.71. The van der Waals surface area contributed by atoms with Crippen molar-refractivity contribution >= 4 is 29.5 Å². The zero-order valence-electron chi connectivity index (χ0n) is 8.54. The number of carbonyl (C=O) groups is 1. The summed E-state index contributed by atoms with van der Waals surface area (Å²) in [6, 6.07) is 7.81.